The minimum absolute atomic E-state index is 0.0333. The molecule has 0 aromatic heterocycles. The van der Waals surface area contributed by atoms with Crippen molar-refractivity contribution in [2.24, 2.45) is 0 Å². The second-order valence-electron chi connectivity index (χ2n) is 4.54. The fourth-order valence-corrected chi connectivity index (χ4v) is 1.24. The third-order valence-corrected chi connectivity index (χ3v) is 2.49. The number of hydrogen-bond acceptors (Lipinski definition) is 6. The Morgan fingerprint density at radius 3 is 1.89 bits per heavy atom. The van der Waals surface area contributed by atoms with Crippen LogP contribution >= 0.6 is 0 Å². The van der Waals surface area contributed by atoms with E-state index in [4.69, 9.17) is 24.8 Å². The van der Waals surface area contributed by atoms with Crippen LogP contribution < -0.4 is 0 Å². The Bertz CT molecular complexity index is 169. The van der Waals surface area contributed by atoms with Gasteiger partial charge in [-0.1, -0.05) is 0 Å². The molecule has 0 saturated heterocycles. The molecule has 18 heavy (non-hydrogen) atoms. The zero-order valence-corrected chi connectivity index (χ0v) is 11.2. The Morgan fingerprint density at radius 2 is 1.33 bits per heavy atom. The highest BCUT2D eigenvalue weighted by molar-refractivity contribution is 4.61. The topological polar surface area (TPSA) is 99.4 Å². The van der Waals surface area contributed by atoms with Gasteiger partial charge < -0.3 is 29.9 Å². The highest BCUT2D eigenvalue weighted by atomic mass is 16.5. The maximum absolute atomic E-state index is 9.57. The first-order valence-electron chi connectivity index (χ1n) is 6.30. The van der Waals surface area contributed by atoms with E-state index in [0.29, 0.717) is 19.4 Å². The van der Waals surface area contributed by atoms with Gasteiger partial charge in [-0.15, -0.1) is 0 Å². The predicted octanol–water partition coefficient (Wildman–Crippen LogP) is -0.717. The Morgan fingerprint density at radius 1 is 0.778 bits per heavy atom. The van der Waals surface area contributed by atoms with Gasteiger partial charge in [-0.25, -0.2) is 0 Å². The summed E-state index contributed by atoms with van der Waals surface area (Å²) in [6.45, 7) is 3.77. The van der Waals surface area contributed by atoms with Crippen molar-refractivity contribution < 1.29 is 29.9 Å². The first-order valence-corrected chi connectivity index (χ1v) is 6.30. The van der Waals surface area contributed by atoms with Crippen LogP contribution in [0.4, 0.5) is 0 Å². The van der Waals surface area contributed by atoms with Crippen LogP contribution in [0.1, 0.15) is 26.7 Å². The van der Waals surface area contributed by atoms with Crippen LogP contribution in [0.3, 0.4) is 0 Å². The molecule has 0 radical (unpaired) electrons. The molecule has 0 aliphatic heterocycles. The molecule has 110 valence electrons. The summed E-state index contributed by atoms with van der Waals surface area (Å²) in [4.78, 5) is 0. The van der Waals surface area contributed by atoms with Crippen molar-refractivity contribution in [1.29, 1.82) is 0 Å². The standard InChI is InChI=1S/C12H26O6/c1-9(5-13)17-7-10(2)18-8-12(16)4-3-11(15)6-14/h9-16H,3-8H2,1-2H3. The minimum Gasteiger partial charge on any atom is -0.394 e. The Hall–Kier alpha value is -0.240. The molecule has 4 N–H and O–H groups in total. The SMILES string of the molecule is CC(CO)OCC(C)OCC(O)CCC(O)CO. The number of aliphatic hydroxyl groups is 4. The quantitative estimate of drug-likeness (QED) is 0.394. The summed E-state index contributed by atoms with van der Waals surface area (Å²) in [5.41, 5.74) is 0. The fraction of sp³-hybridized carbons (Fsp3) is 1.00. The molecule has 0 aromatic rings. The van der Waals surface area contributed by atoms with Crippen molar-refractivity contribution in [3.05, 3.63) is 0 Å². The summed E-state index contributed by atoms with van der Waals surface area (Å²) in [6.07, 6.45) is -1.12. The van der Waals surface area contributed by atoms with Crippen LogP contribution in [-0.4, -0.2) is 71.3 Å². The van der Waals surface area contributed by atoms with Crippen LogP contribution in [0.2, 0.25) is 0 Å². The average molecular weight is 266 g/mol. The summed E-state index contributed by atoms with van der Waals surface area (Å²) in [5.74, 6) is 0. The van der Waals surface area contributed by atoms with Crippen LogP contribution in [0.15, 0.2) is 0 Å². The van der Waals surface area contributed by atoms with Gasteiger partial charge in [0.25, 0.3) is 0 Å². The van der Waals surface area contributed by atoms with Gasteiger partial charge in [-0.2, -0.15) is 0 Å². The molecule has 0 saturated carbocycles. The lowest BCUT2D eigenvalue weighted by molar-refractivity contribution is -0.0672. The van der Waals surface area contributed by atoms with Gasteiger partial charge in [-0.05, 0) is 26.7 Å². The lowest BCUT2D eigenvalue weighted by atomic mass is 10.1. The van der Waals surface area contributed by atoms with Crippen LogP contribution in [0, 0.1) is 0 Å². The van der Waals surface area contributed by atoms with E-state index in [2.05, 4.69) is 0 Å². The van der Waals surface area contributed by atoms with E-state index in [1.54, 1.807) is 6.92 Å². The van der Waals surface area contributed by atoms with Gasteiger partial charge in [-0.3, -0.25) is 0 Å². The third-order valence-electron chi connectivity index (χ3n) is 2.49. The molecule has 0 heterocycles. The second-order valence-corrected chi connectivity index (χ2v) is 4.54. The van der Waals surface area contributed by atoms with Crippen molar-refractivity contribution in [3.63, 3.8) is 0 Å². The first kappa shape index (κ1) is 17.8. The van der Waals surface area contributed by atoms with Crippen molar-refractivity contribution >= 4 is 0 Å². The van der Waals surface area contributed by atoms with Gasteiger partial charge >= 0.3 is 0 Å². The fourth-order valence-electron chi connectivity index (χ4n) is 1.24. The normalized spacial score (nSPS) is 18.3. The maximum atomic E-state index is 9.57. The average Bonchev–Trinajstić information content (AvgIpc) is 2.39. The van der Waals surface area contributed by atoms with E-state index in [1.165, 1.54) is 0 Å². The lowest BCUT2D eigenvalue weighted by Crippen LogP contribution is -2.26. The molecular weight excluding hydrogens is 240 g/mol. The van der Waals surface area contributed by atoms with Gasteiger partial charge in [0.05, 0.1) is 50.8 Å². The van der Waals surface area contributed by atoms with Crippen molar-refractivity contribution in [2.75, 3.05) is 26.4 Å². The maximum Gasteiger partial charge on any atom is 0.0781 e. The summed E-state index contributed by atoms with van der Waals surface area (Å²) < 4.78 is 10.6. The zero-order valence-electron chi connectivity index (χ0n) is 11.2. The molecule has 4 unspecified atom stereocenters. The van der Waals surface area contributed by atoms with Crippen molar-refractivity contribution in [3.8, 4) is 0 Å². The summed E-state index contributed by atoms with van der Waals surface area (Å²) in [6, 6.07) is 0. The van der Waals surface area contributed by atoms with Crippen LogP contribution in [0.5, 0.6) is 0 Å². The van der Waals surface area contributed by atoms with Gasteiger partial charge in [0, 0.05) is 0 Å². The molecule has 0 spiro atoms. The van der Waals surface area contributed by atoms with E-state index in [0.717, 1.165) is 0 Å². The molecule has 0 amide bonds. The molecule has 0 aliphatic carbocycles. The summed E-state index contributed by atoms with van der Waals surface area (Å²) in [7, 11) is 0. The van der Waals surface area contributed by atoms with E-state index in [1.807, 2.05) is 6.92 Å². The summed E-state index contributed by atoms with van der Waals surface area (Å²) in [5, 5.41) is 36.1. The van der Waals surface area contributed by atoms with Crippen molar-refractivity contribution in [1.82, 2.24) is 0 Å². The summed E-state index contributed by atoms with van der Waals surface area (Å²) >= 11 is 0. The van der Waals surface area contributed by atoms with E-state index in [9.17, 15) is 5.11 Å². The molecule has 0 fully saturated rings. The second kappa shape index (κ2) is 10.7. The van der Waals surface area contributed by atoms with Gasteiger partial charge in [0.2, 0.25) is 0 Å². The molecule has 0 bridgehead atoms. The molecule has 4 atom stereocenters. The molecular formula is C12H26O6. The molecule has 0 aliphatic rings. The highest BCUT2D eigenvalue weighted by Crippen LogP contribution is 2.04. The van der Waals surface area contributed by atoms with E-state index in [-0.39, 0.29) is 32.0 Å². The number of rotatable bonds is 11. The molecule has 0 rings (SSSR count). The molecule has 0 aromatic carbocycles. The number of ether oxygens (including phenoxy) is 2. The third kappa shape index (κ3) is 9.76. The Kier molecular flexibility index (Phi) is 10.5. The predicted molar refractivity (Wildman–Crippen MR) is 66.2 cm³/mol. The number of aliphatic hydroxyl groups excluding tert-OH is 4. The first-order chi connectivity index (χ1) is 8.49. The largest absolute Gasteiger partial charge is 0.394 e. The Labute approximate surface area is 108 Å². The van der Waals surface area contributed by atoms with Gasteiger partial charge in [0.1, 0.15) is 0 Å². The monoisotopic (exact) mass is 266 g/mol. The molecule has 6 nitrogen and oxygen atoms in total. The smallest absolute Gasteiger partial charge is 0.0781 e. The van der Waals surface area contributed by atoms with E-state index < -0.39 is 12.2 Å². The molecule has 6 heteroatoms. The highest BCUT2D eigenvalue weighted by Gasteiger charge is 2.11. The lowest BCUT2D eigenvalue weighted by Gasteiger charge is -2.18. The minimum atomic E-state index is -0.786. The zero-order chi connectivity index (χ0) is 14.0. The van der Waals surface area contributed by atoms with Gasteiger partial charge in [0.15, 0.2) is 0 Å². The van der Waals surface area contributed by atoms with E-state index >= 15 is 0 Å². The number of hydrogen-bond donors (Lipinski definition) is 4. The van der Waals surface area contributed by atoms with Crippen molar-refractivity contribution in [2.45, 2.75) is 51.1 Å². The van der Waals surface area contributed by atoms with Crippen LogP contribution in [0.25, 0.3) is 0 Å². The Balaban J connectivity index is 3.55. The van der Waals surface area contributed by atoms with Crippen LogP contribution in [-0.2, 0) is 9.47 Å².